The number of nitrogens with zero attached hydrogens (tertiary/aromatic N) is 3. The molecule has 10 heteroatoms. The van der Waals surface area contributed by atoms with Gasteiger partial charge in [-0.1, -0.05) is 0 Å². The van der Waals surface area contributed by atoms with Gasteiger partial charge >= 0.3 is 0 Å². The van der Waals surface area contributed by atoms with Crippen LogP contribution in [0, 0.1) is 0 Å². The molecule has 2 N–H and O–H groups in total. The molecule has 0 saturated carbocycles. The Kier molecular flexibility index (Phi) is 4.32. The molecule has 0 saturated heterocycles. The summed E-state index contributed by atoms with van der Waals surface area (Å²) in [5.41, 5.74) is 2.33. The van der Waals surface area contributed by atoms with Crippen molar-refractivity contribution in [2.24, 2.45) is 5.10 Å². The number of hydrogen-bond donors (Lipinski definition) is 2. The quantitative estimate of drug-likeness (QED) is 0.835. The van der Waals surface area contributed by atoms with Crippen molar-refractivity contribution >= 4 is 45.6 Å². The van der Waals surface area contributed by atoms with Crippen molar-refractivity contribution in [1.82, 2.24) is 9.99 Å². The Morgan fingerprint density at radius 1 is 1.33 bits per heavy atom. The standard InChI is InChI=1S/C17H15N5O4S/c1-22-15(24)5-3-10(21-22)16(25)20-17-19-12(8-27-17)9-2-4-13-11(6-9)18-14(23)7-26-13/h2,4,6,8H,3,5,7H2,1H3,(H,18,23)(H,19,20,25). The Morgan fingerprint density at radius 3 is 3.00 bits per heavy atom. The van der Waals surface area contributed by atoms with E-state index in [4.69, 9.17) is 4.74 Å². The van der Waals surface area contributed by atoms with Crippen molar-refractivity contribution in [3.8, 4) is 17.0 Å². The number of amides is 3. The Balaban J connectivity index is 1.50. The smallest absolute Gasteiger partial charge is 0.273 e. The molecule has 1 aromatic heterocycles. The first-order valence-electron chi connectivity index (χ1n) is 8.17. The molecule has 2 aliphatic rings. The molecule has 0 fully saturated rings. The summed E-state index contributed by atoms with van der Waals surface area (Å²) in [5.74, 6) is -0.0911. The molecule has 3 amide bonds. The number of anilines is 2. The van der Waals surface area contributed by atoms with E-state index in [0.29, 0.717) is 34.4 Å². The lowest BCUT2D eigenvalue weighted by Gasteiger charge is -2.18. The molecular formula is C17H15N5O4S. The molecule has 2 aliphatic heterocycles. The van der Waals surface area contributed by atoms with Crippen molar-refractivity contribution in [3.05, 3.63) is 23.6 Å². The lowest BCUT2D eigenvalue weighted by atomic mass is 10.1. The van der Waals surface area contributed by atoms with E-state index < -0.39 is 0 Å². The highest BCUT2D eigenvalue weighted by atomic mass is 32.1. The van der Waals surface area contributed by atoms with Crippen LogP contribution in [0.2, 0.25) is 0 Å². The predicted molar refractivity (Wildman–Crippen MR) is 99.7 cm³/mol. The molecule has 0 unspecified atom stereocenters. The van der Waals surface area contributed by atoms with Crippen molar-refractivity contribution in [3.63, 3.8) is 0 Å². The van der Waals surface area contributed by atoms with Crippen LogP contribution in [0.4, 0.5) is 10.8 Å². The summed E-state index contributed by atoms with van der Waals surface area (Å²) in [5, 5.41) is 12.9. The number of thiazole rings is 1. The van der Waals surface area contributed by atoms with Gasteiger partial charge in [0.25, 0.3) is 11.8 Å². The van der Waals surface area contributed by atoms with Gasteiger partial charge in [0, 0.05) is 30.8 Å². The zero-order valence-electron chi connectivity index (χ0n) is 14.3. The average Bonchev–Trinajstić information content (AvgIpc) is 3.11. The third kappa shape index (κ3) is 3.51. The highest BCUT2D eigenvalue weighted by molar-refractivity contribution is 7.14. The molecule has 0 atom stereocenters. The molecule has 0 spiro atoms. The number of carbonyl (C=O) groups is 3. The van der Waals surface area contributed by atoms with Crippen LogP contribution in [0.15, 0.2) is 28.7 Å². The largest absolute Gasteiger partial charge is 0.482 e. The van der Waals surface area contributed by atoms with Gasteiger partial charge in [0.15, 0.2) is 11.7 Å². The summed E-state index contributed by atoms with van der Waals surface area (Å²) in [6.45, 7) is 0.00387. The fraction of sp³-hybridized carbons (Fsp3) is 0.235. The molecule has 0 bridgehead atoms. The van der Waals surface area contributed by atoms with Crippen molar-refractivity contribution < 1.29 is 19.1 Å². The molecule has 138 valence electrons. The molecule has 4 rings (SSSR count). The number of fused-ring (bicyclic) bond motifs is 1. The van der Waals surface area contributed by atoms with Gasteiger partial charge in [0.2, 0.25) is 5.91 Å². The molecule has 27 heavy (non-hydrogen) atoms. The second kappa shape index (κ2) is 6.80. The van der Waals surface area contributed by atoms with Crippen molar-refractivity contribution in [1.29, 1.82) is 0 Å². The number of benzene rings is 1. The summed E-state index contributed by atoms with van der Waals surface area (Å²) in [6.07, 6.45) is 0.562. The average molecular weight is 385 g/mol. The number of hydrogen-bond acceptors (Lipinski definition) is 7. The number of ether oxygens (including phenoxy) is 1. The van der Waals surface area contributed by atoms with Crippen molar-refractivity contribution in [2.75, 3.05) is 24.3 Å². The second-order valence-electron chi connectivity index (χ2n) is 6.00. The second-order valence-corrected chi connectivity index (χ2v) is 6.86. The van der Waals surface area contributed by atoms with E-state index in [1.807, 2.05) is 6.07 Å². The number of aromatic nitrogens is 1. The first-order chi connectivity index (χ1) is 13.0. The summed E-state index contributed by atoms with van der Waals surface area (Å²) in [6, 6.07) is 5.38. The van der Waals surface area contributed by atoms with Crippen LogP contribution >= 0.6 is 11.3 Å². The Morgan fingerprint density at radius 2 is 2.19 bits per heavy atom. The van der Waals surface area contributed by atoms with E-state index in [1.165, 1.54) is 23.4 Å². The van der Waals surface area contributed by atoms with Gasteiger partial charge in [-0.15, -0.1) is 11.3 Å². The van der Waals surface area contributed by atoms with Gasteiger partial charge in [-0.25, -0.2) is 9.99 Å². The number of rotatable bonds is 3. The summed E-state index contributed by atoms with van der Waals surface area (Å²) in [4.78, 5) is 39.6. The van der Waals surface area contributed by atoms with Gasteiger partial charge in [-0.2, -0.15) is 5.10 Å². The van der Waals surface area contributed by atoms with E-state index in [2.05, 4.69) is 20.7 Å². The molecular weight excluding hydrogens is 370 g/mol. The van der Waals surface area contributed by atoms with Gasteiger partial charge in [0.05, 0.1) is 11.4 Å². The van der Waals surface area contributed by atoms with Crippen molar-refractivity contribution in [2.45, 2.75) is 12.8 Å². The third-order valence-electron chi connectivity index (χ3n) is 4.10. The fourth-order valence-corrected chi connectivity index (χ4v) is 3.42. The van der Waals surface area contributed by atoms with Crippen LogP contribution in [-0.2, 0) is 14.4 Å². The number of carbonyl (C=O) groups excluding carboxylic acids is 3. The summed E-state index contributed by atoms with van der Waals surface area (Å²) < 4.78 is 5.34. The first-order valence-corrected chi connectivity index (χ1v) is 9.05. The van der Waals surface area contributed by atoms with E-state index >= 15 is 0 Å². The lowest BCUT2D eigenvalue weighted by molar-refractivity contribution is -0.130. The van der Waals surface area contributed by atoms with E-state index in [-0.39, 0.29) is 30.7 Å². The maximum Gasteiger partial charge on any atom is 0.273 e. The van der Waals surface area contributed by atoms with Crippen LogP contribution in [0.5, 0.6) is 5.75 Å². The number of nitrogens with one attached hydrogen (secondary N) is 2. The molecule has 0 radical (unpaired) electrons. The normalized spacial score (nSPS) is 16.2. The minimum Gasteiger partial charge on any atom is -0.482 e. The Hall–Kier alpha value is -3.27. The van der Waals surface area contributed by atoms with E-state index in [0.717, 1.165) is 5.56 Å². The monoisotopic (exact) mass is 385 g/mol. The van der Waals surface area contributed by atoms with E-state index in [9.17, 15) is 14.4 Å². The van der Waals surface area contributed by atoms with Gasteiger partial charge in [-0.3, -0.25) is 19.7 Å². The predicted octanol–water partition coefficient (Wildman–Crippen LogP) is 1.69. The number of hydrazone groups is 1. The molecule has 0 aliphatic carbocycles. The highest BCUT2D eigenvalue weighted by Crippen LogP contribution is 2.33. The minimum atomic E-state index is -0.374. The Bertz CT molecular complexity index is 983. The molecule has 1 aromatic carbocycles. The summed E-state index contributed by atoms with van der Waals surface area (Å²) in [7, 11) is 1.52. The first kappa shape index (κ1) is 17.2. The van der Waals surface area contributed by atoms with Crippen LogP contribution < -0.4 is 15.4 Å². The zero-order valence-corrected chi connectivity index (χ0v) is 15.1. The molecule has 2 aromatic rings. The fourth-order valence-electron chi connectivity index (χ4n) is 2.71. The van der Waals surface area contributed by atoms with Gasteiger partial charge < -0.3 is 10.1 Å². The van der Waals surface area contributed by atoms with Crippen LogP contribution in [0.1, 0.15) is 12.8 Å². The highest BCUT2D eigenvalue weighted by Gasteiger charge is 2.23. The summed E-state index contributed by atoms with van der Waals surface area (Å²) >= 11 is 1.28. The molecule has 3 heterocycles. The molecule has 9 nitrogen and oxygen atoms in total. The maximum atomic E-state index is 12.3. The lowest BCUT2D eigenvalue weighted by Crippen LogP contribution is -2.34. The van der Waals surface area contributed by atoms with Gasteiger partial charge in [0.1, 0.15) is 11.5 Å². The maximum absolute atomic E-state index is 12.3. The zero-order chi connectivity index (χ0) is 19.0. The van der Waals surface area contributed by atoms with Crippen LogP contribution in [0.3, 0.4) is 0 Å². The third-order valence-corrected chi connectivity index (χ3v) is 4.86. The minimum absolute atomic E-state index is 0.00387. The van der Waals surface area contributed by atoms with E-state index in [1.54, 1.807) is 17.5 Å². The van der Waals surface area contributed by atoms with Crippen LogP contribution in [0.25, 0.3) is 11.3 Å². The SMILES string of the molecule is CN1N=C(C(=O)Nc2nc(-c3ccc4c(c3)NC(=O)CO4)cs2)CCC1=O. The van der Waals surface area contributed by atoms with Crippen LogP contribution in [-0.4, -0.2) is 47.1 Å². The topological polar surface area (TPSA) is 113 Å². The Labute approximate surface area is 158 Å². The van der Waals surface area contributed by atoms with Gasteiger partial charge in [-0.05, 0) is 18.2 Å².